The fraction of sp³-hybridized carbons (Fsp3) is 0.812. The average molecular weight is 304 g/mol. The van der Waals surface area contributed by atoms with Crippen molar-refractivity contribution < 1.29 is 9.21 Å². The Hall–Kier alpha value is -1.59. The highest BCUT2D eigenvalue weighted by atomic mass is 16.4. The van der Waals surface area contributed by atoms with Gasteiger partial charge in [0.1, 0.15) is 0 Å². The molecule has 1 aromatic heterocycles. The van der Waals surface area contributed by atoms with Crippen molar-refractivity contribution in [3.8, 4) is 0 Å². The summed E-state index contributed by atoms with van der Waals surface area (Å²) in [5, 5.41) is 13.7. The number of aromatic nitrogens is 2. The van der Waals surface area contributed by atoms with Gasteiger partial charge < -0.3 is 9.73 Å². The lowest BCUT2D eigenvalue weighted by Gasteiger charge is -2.54. The number of carbonyl (C=O) groups is 1. The van der Waals surface area contributed by atoms with E-state index in [0.717, 1.165) is 11.8 Å². The quantitative estimate of drug-likeness (QED) is 0.899. The van der Waals surface area contributed by atoms with Gasteiger partial charge >= 0.3 is 12.0 Å². The van der Waals surface area contributed by atoms with Crippen LogP contribution in [-0.2, 0) is 0 Å². The van der Waals surface area contributed by atoms with E-state index < -0.39 is 0 Å². The number of carbonyl (C=O) groups excluding carboxylic acids is 1. The van der Waals surface area contributed by atoms with Gasteiger partial charge in [-0.05, 0) is 55.8 Å². The van der Waals surface area contributed by atoms with Gasteiger partial charge in [-0.3, -0.25) is 5.32 Å². The first kappa shape index (κ1) is 14.0. The summed E-state index contributed by atoms with van der Waals surface area (Å²) in [7, 11) is 0. The van der Waals surface area contributed by atoms with E-state index in [4.69, 9.17) is 4.42 Å². The number of nitrogens with zero attached hydrogens (tertiary/aromatic N) is 2. The normalized spacial score (nSPS) is 35.9. The maximum atomic E-state index is 12.2. The Labute approximate surface area is 130 Å². The Morgan fingerprint density at radius 3 is 2.27 bits per heavy atom. The van der Waals surface area contributed by atoms with Crippen LogP contribution < -0.4 is 10.6 Å². The summed E-state index contributed by atoms with van der Waals surface area (Å²) in [5.74, 6) is 3.86. The summed E-state index contributed by atoms with van der Waals surface area (Å²) in [6, 6.07) is 0.293. The minimum Gasteiger partial charge on any atom is -0.408 e. The average Bonchev–Trinajstić information content (AvgIpc) is 2.90. The molecule has 2 N–H and O–H groups in total. The molecule has 2 amide bonds. The molecule has 0 atom stereocenters. The van der Waals surface area contributed by atoms with E-state index in [9.17, 15) is 4.79 Å². The molecule has 120 valence electrons. The Balaban J connectivity index is 1.37. The van der Waals surface area contributed by atoms with Crippen LogP contribution in [-0.4, -0.2) is 22.3 Å². The van der Waals surface area contributed by atoms with Crippen LogP contribution in [0.4, 0.5) is 10.8 Å². The Kier molecular flexibility index (Phi) is 3.35. The number of anilines is 1. The molecule has 5 rings (SSSR count). The molecule has 0 unspecified atom stereocenters. The lowest BCUT2D eigenvalue weighted by molar-refractivity contribution is -0.00885. The fourth-order valence-electron chi connectivity index (χ4n) is 4.96. The van der Waals surface area contributed by atoms with E-state index in [1.807, 2.05) is 13.8 Å². The highest BCUT2D eigenvalue weighted by molar-refractivity contribution is 5.87. The molecule has 22 heavy (non-hydrogen) atoms. The molecule has 4 bridgehead atoms. The minimum absolute atomic E-state index is 0.163. The van der Waals surface area contributed by atoms with Gasteiger partial charge in [0.2, 0.25) is 5.89 Å². The lowest BCUT2D eigenvalue weighted by Crippen LogP contribution is -2.56. The predicted octanol–water partition coefficient (Wildman–Crippen LogP) is 3.14. The van der Waals surface area contributed by atoms with Crippen molar-refractivity contribution in [2.24, 2.45) is 23.7 Å². The third-order valence-electron chi connectivity index (χ3n) is 5.68. The van der Waals surface area contributed by atoms with Gasteiger partial charge in [-0.2, -0.15) is 0 Å². The maximum absolute atomic E-state index is 12.2. The van der Waals surface area contributed by atoms with Crippen LogP contribution in [0.5, 0.6) is 0 Å². The number of urea groups is 1. The Morgan fingerprint density at radius 1 is 1.09 bits per heavy atom. The first-order chi connectivity index (χ1) is 10.6. The van der Waals surface area contributed by atoms with Gasteiger partial charge in [0.05, 0.1) is 0 Å². The standard InChI is InChI=1S/C16H24N4O2/c1-8(2)14-19-20-16(22-14)18-15(21)17-13-11-4-9-3-10(6-11)7-12(13)5-9/h8-13H,3-7H2,1-2H3,(H2,17,18,20,21). The molecule has 4 saturated carbocycles. The van der Waals surface area contributed by atoms with Gasteiger partial charge in [0.25, 0.3) is 0 Å². The van der Waals surface area contributed by atoms with Gasteiger partial charge in [-0.1, -0.05) is 18.9 Å². The lowest BCUT2D eigenvalue weighted by atomic mass is 9.54. The highest BCUT2D eigenvalue weighted by Gasteiger charge is 2.48. The topological polar surface area (TPSA) is 80.0 Å². The summed E-state index contributed by atoms with van der Waals surface area (Å²) >= 11 is 0. The smallest absolute Gasteiger partial charge is 0.323 e. The SMILES string of the molecule is CC(C)c1nnc(NC(=O)NC2C3CC4CC(C3)CC2C4)o1. The van der Waals surface area contributed by atoms with Gasteiger partial charge in [-0.25, -0.2) is 4.79 Å². The number of nitrogens with one attached hydrogen (secondary N) is 2. The summed E-state index contributed by atoms with van der Waals surface area (Å²) < 4.78 is 5.43. The summed E-state index contributed by atoms with van der Waals surface area (Å²) in [4.78, 5) is 12.2. The van der Waals surface area contributed by atoms with E-state index in [2.05, 4.69) is 20.8 Å². The molecule has 0 saturated heterocycles. The van der Waals surface area contributed by atoms with Crippen LogP contribution >= 0.6 is 0 Å². The number of hydrogen-bond donors (Lipinski definition) is 2. The van der Waals surface area contributed by atoms with Crippen molar-refractivity contribution in [1.82, 2.24) is 15.5 Å². The molecular formula is C16H24N4O2. The van der Waals surface area contributed by atoms with Crippen LogP contribution in [0.1, 0.15) is 57.8 Å². The van der Waals surface area contributed by atoms with Gasteiger partial charge in [-0.15, -0.1) is 5.10 Å². The molecule has 4 fully saturated rings. The number of hydrogen-bond acceptors (Lipinski definition) is 4. The van der Waals surface area contributed by atoms with Crippen LogP contribution in [0.15, 0.2) is 4.42 Å². The minimum atomic E-state index is -0.212. The summed E-state index contributed by atoms with van der Waals surface area (Å²) in [6.07, 6.45) is 6.57. The van der Waals surface area contributed by atoms with Gasteiger partial charge in [0.15, 0.2) is 0 Å². The highest BCUT2D eigenvalue weighted by Crippen LogP contribution is 2.53. The third kappa shape index (κ3) is 2.48. The van der Waals surface area contributed by atoms with E-state index in [1.54, 1.807) is 0 Å². The van der Waals surface area contributed by atoms with Crippen molar-refractivity contribution in [3.05, 3.63) is 5.89 Å². The first-order valence-corrected chi connectivity index (χ1v) is 8.49. The Morgan fingerprint density at radius 2 is 1.73 bits per heavy atom. The number of rotatable bonds is 3. The maximum Gasteiger partial charge on any atom is 0.323 e. The van der Waals surface area contributed by atoms with Crippen molar-refractivity contribution in [1.29, 1.82) is 0 Å². The van der Waals surface area contributed by atoms with Crippen molar-refractivity contribution in [3.63, 3.8) is 0 Å². The van der Waals surface area contributed by atoms with Crippen LogP contribution in [0.3, 0.4) is 0 Å². The van der Waals surface area contributed by atoms with Crippen LogP contribution in [0.2, 0.25) is 0 Å². The molecule has 0 radical (unpaired) electrons. The van der Waals surface area contributed by atoms with Crippen LogP contribution in [0, 0.1) is 23.7 Å². The predicted molar refractivity (Wildman–Crippen MR) is 81.4 cm³/mol. The summed E-state index contributed by atoms with van der Waals surface area (Å²) in [6.45, 7) is 3.96. The van der Waals surface area contributed by atoms with E-state index in [0.29, 0.717) is 23.8 Å². The zero-order valence-electron chi connectivity index (χ0n) is 13.2. The molecule has 0 spiro atoms. The zero-order valence-corrected chi connectivity index (χ0v) is 13.2. The van der Waals surface area contributed by atoms with E-state index in [1.165, 1.54) is 32.1 Å². The summed E-state index contributed by atoms with van der Waals surface area (Å²) in [5.41, 5.74) is 0. The molecule has 1 heterocycles. The fourth-order valence-corrected chi connectivity index (χ4v) is 4.96. The second-order valence-electron chi connectivity index (χ2n) is 7.66. The van der Waals surface area contributed by atoms with Gasteiger partial charge in [0, 0.05) is 12.0 Å². The molecule has 1 aromatic rings. The van der Waals surface area contributed by atoms with Crippen molar-refractivity contribution in [2.45, 2.75) is 57.9 Å². The first-order valence-electron chi connectivity index (χ1n) is 8.49. The van der Waals surface area contributed by atoms with Crippen LogP contribution in [0.25, 0.3) is 0 Å². The molecule has 0 aliphatic heterocycles. The van der Waals surface area contributed by atoms with Crippen molar-refractivity contribution in [2.75, 3.05) is 5.32 Å². The van der Waals surface area contributed by atoms with E-state index in [-0.39, 0.29) is 18.0 Å². The monoisotopic (exact) mass is 304 g/mol. The molecule has 0 aromatic carbocycles. The molecule has 4 aliphatic carbocycles. The second-order valence-corrected chi connectivity index (χ2v) is 7.66. The largest absolute Gasteiger partial charge is 0.408 e. The zero-order chi connectivity index (χ0) is 15.3. The second kappa shape index (κ2) is 5.25. The Bertz CT molecular complexity index is 540. The molecular weight excluding hydrogens is 280 g/mol. The van der Waals surface area contributed by atoms with E-state index >= 15 is 0 Å². The number of amides is 2. The molecule has 6 nitrogen and oxygen atoms in total. The van der Waals surface area contributed by atoms with Crippen molar-refractivity contribution >= 4 is 12.0 Å². The molecule has 6 heteroatoms. The molecule has 4 aliphatic rings. The third-order valence-corrected chi connectivity index (χ3v) is 5.68.